The van der Waals surface area contributed by atoms with E-state index in [-0.39, 0.29) is 18.7 Å². The average molecular weight is 506 g/mol. The Bertz CT molecular complexity index is 1250. The highest BCUT2D eigenvalue weighted by molar-refractivity contribution is 6.22. The highest BCUT2D eigenvalue weighted by atomic mass is 19.1. The second-order valence-corrected chi connectivity index (χ2v) is 8.55. The van der Waals surface area contributed by atoms with E-state index >= 15 is 0 Å². The van der Waals surface area contributed by atoms with Gasteiger partial charge in [-0.05, 0) is 72.6 Å². The normalized spacial score (nSPS) is 15.2. The summed E-state index contributed by atoms with van der Waals surface area (Å²) in [4.78, 5) is 42.0. The lowest BCUT2D eigenvalue weighted by Crippen LogP contribution is -2.37. The van der Waals surface area contributed by atoms with Crippen molar-refractivity contribution < 1.29 is 28.2 Å². The third-order valence-corrected chi connectivity index (χ3v) is 5.91. The zero-order valence-electron chi connectivity index (χ0n) is 20.6. The van der Waals surface area contributed by atoms with E-state index in [1.807, 2.05) is 6.92 Å². The van der Waals surface area contributed by atoms with Gasteiger partial charge in [-0.2, -0.15) is 0 Å². The molecular formula is C28H28FN3O5. The maximum absolute atomic E-state index is 13.5. The zero-order valence-corrected chi connectivity index (χ0v) is 20.6. The van der Waals surface area contributed by atoms with Crippen molar-refractivity contribution >= 4 is 29.2 Å². The summed E-state index contributed by atoms with van der Waals surface area (Å²) in [5.74, 6) is -0.114. The summed E-state index contributed by atoms with van der Waals surface area (Å²) in [6.07, 6.45) is 0.640. The number of anilines is 2. The number of rotatable bonds is 10. The summed E-state index contributed by atoms with van der Waals surface area (Å²) in [7, 11) is 1.55. The molecule has 0 spiro atoms. The molecule has 4 amide bonds. The summed E-state index contributed by atoms with van der Waals surface area (Å²) < 4.78 is 24.2. The molecule has 1 N–H and O–H groups in total. The van der Waals surface area contributed by atoms with Crippen LogP contribution in [0.5, 0.6) is 11.5 Å². The van der Waals surface area contributed by atoms with Crippen molar-refractivity contribution in [3.05, 3.63) is 84.2 Å². The monoisotopic (exact) mass is 505 g/mol. The molecule has 3 aromatic carbocycles. The minimum atomic E-state index is -1.04. The van der Waals surface area contributed by atoms with Crippen molar-refractivity contribution in [2.75, 3.05) is 23.9 Å². The Hall–Kier alpha value is -4.40. The molecule has 1 heterocycles. The Kier molecular flexibility index (Phi) is 8.02. The number of carbonyl (C=O) groups is 3. The molecular weight excluding hydrogens is 477 g/mol. The van der Waals surface area contributed by atoms with Crippen LogP contribution < -0.4 is 19.7 Å². The van der Waals surface area contributed by atoms with Crippen LogP contribution >= 0.6 is 0 Å². The minimum Gasteiger partial charge on any atom is -0.497 e. The fourth-order valence-electron chi connectivity index (χ4n) is 4.01. The van der Waals surface area contributed by atoms with Gasteiger partial charge in [-0.3, -0.25) is 9.59 Å². The molecule has 1 aliphatic heterocycles. The van der Waals surface area contributed by atoms with Gasteiger partial charge in [-0.25, -0.2) is 14.1 Å². The minimum absolute atomic E-state index is 0.105. The Labute approximate surface area is 214 Å². The van der Waals surface area contributed by atoms with E-state index in [1.165, 1.54) is 29.2 Å². The van der Waals surface area contributed by atoms with Crippen molar-refractivity contribution in [1.29, 1.82) is 0 Å². The average Bonchev–Trinajstić information content (AvgIpc) is 3.13. The van der Waals surface area contributed by atoms with Crippen molar-refractivity contribution in [3.8, 4) is 11.5 Å². The van der Waals surface area contributed by atoms with E-state index < -0.39 is 29.7 Å². The highest BCUT2D eigenvalue weighted by Crippen LogP contribution is 2.29. The largest absolute Gasteiger partial charge is 0.497 e. The summed E-state index contributed by atoms with van der Waals surface area (Å²) in [6.45, 7) is 2.71. The van der Waals surface area contributed by atoms with Gasteiger partial charge in [0.1, 0.15) is 23.4 Å². The number of nitrogens with zero attached hydrogens (tertiary/aromatic N) is 2. The molecule has 1 fully saturated rings. The van der Waals surface area contributed by atoms with Crippen LogP contribution in [0.3, 0.4) is 0 Å². The topological polar surface area (TPSA) is 88.2 Å². The van der Waals surface area contributed by atoms with Gasteiger partial charge in [0.25, 0.3) is 5.91 Å². The second kappa shape index (κ2) is 11.6. The van der Waals surface area contributed by atoms with E-state index in [9.17, 15) is 18.8 Å². The molecule has 0 radical (unpaired) electrons. The number of nitrogens with one attached hydrogen (secondary N) is 1. The summed E-state index contributed by atoms with van der Waals surface area (Å²) in [5, 5.41) is 2.78. The van der Waals surface area contributed by atoms with Gasteiger partial charge in [0.05, 0.1) is 25.8 Å². The number of ether oxygens (including phenoxy) is 2. The van der Waals surface area contributed by atoms with E-state index in [1.54, 1.807) is 55.6 Å². The number of hydrogen-bond acceptors (Lipinski definition) is 5. The molecule has 3 aromatic rings. The van der Waals surface area contributed by atoms with Crippen molar-refractivity contribution in [3.63, 3.8) is 0 Å². The molecule has 37 heavy (non-hydrogen) atoms. The number of hydrogen-bond donors (Lipinski definition) is 1. The molecule has 0 aliphatic carbocycles. The molecule has 9 heteroatoms. The van der Waals surface area contributed by atoms with Crippen molar-refractivity contribution in [2.45, 2.75) is 32.4 Å². The fourth-order valence-corrected chi connectivity index (χ4v) is 4.01. The molecule has 1 aliphatic rings. The number of imide groups is 1. The maximum atomic E-state index is 13.5. The van der Waals surface area contributed by atoms with Crippen LogP contribution in [0, 0.1) is 5.82 Å². The number of halogens is 1. The second-order valence-electron chi connectivity index (χ2n) is 8.55. The van der Waals surface area contributed by atoms with Crippen molar-refractivity contribution in [1.82, 2.24) is 4.90 Å². The van der Waals surface area contributed by atoms with Crippen LogP contribution in [0.25, 0.3) is 0 Å². The van der Waals surface area contributed by atoms with Gasteiger partial charge in [0.15, 0.2) is 0 Å². The summed E-state index contributed by atoms with van der Waals surface area (Å²) in [6, 6.07) is 17.5. The number of methoxy groups -OCH3 is 1. The fraction of sp³-hybridized carbons (Fsp3) is 0.250. The zero-order chi connectivity index (χ0) is 26.4. The molecule has 0 saturated carbocycles. The van der Waals surface area contributed by atoms with Crippen LogP contribution in [-0.2, 0) is 16.1 Å². The molecule has 1 atom stereocenters. The maximum Gasteiger partial charge on any atom is 0.332 e. The molecule has 0 aromatic heterocycles. The number of amides is 4. The Morgan fingerprint density at radius 1 is 0.946 bits per heavy atom. The summed E-state index contributed by atoms with van der Waals surface area (Å²) in [5.41, 5.74) is 1.54. The molecule has 1 unspecified atom stereocenters. The van der Waals surface area contributed by atoms with Gasteiger partial charge in [0.2, 0.25) is 5.91 Å². The summed E-state index contributed by atoms with van der Waals surface area (Å²) >= 11 is 0. The van der Waals surface area contributed by atoms with Gasteiger partial charge >= 0.3 is 6.03 Å². The Morgan fingerprint density at radius 3 is 2.22 bits per heavy atom. The quantitative estimate of drug-likeness (QED) is 0.392. The third kappa shape index (κ3) is 6.06. The van der Waals surface area contributed by atoms with Crippen LogP contribution in [0.1, 0.15) is 25.3 Å². The smallest absolute Gasteiger partial charge is 0.332 e. The van der Waals surface area contributed by atoms with Crippen LogP contribution in [0.2, 0.25) is 0 Å². The van der Waals surface area contributed by atoms with Gasteiger partial charge in [-0.1, -0.05) is 19.1 Å². The molecule has 0 bridgehead atoms. The van der Waals surface area contributed by atoms with E-state index in [0.717, 1.165) is 16.9 Å². The first-order valence-corrected chi connectivity index (χ1v) is 12.0. The molecule has 8 nitrogen and oxygen atoms in total. The van der Waals surface area contributed by atoms with Gasteiger partial charge in [-0.15, -0.1) is 0 Å². The van der Waals surface area contributed by atoms with Crippen molar-refractivity contribution in [2.24, 2.45) is 0 Å². The van der Waals surface area contributed by atoms with E-state index in [0.29, 0.717) is 23.8 Å². The first kappa shape index (κ1) is 25.7. The van der Waals surface area contributed by atoms with Crippen LogP contribution in [0.4, 0.5) is 20.6 Å². The van der Waals surface area contributed by atoms with Gasteiger partial charge in [0, 0.05) is 12.2 Å². The molecule has 1 saturated heterocycles. The number of benzene rings is 3. The highest BCUT2D eigenvalue weighted by Gasteiger charge is 2.46. The lowest BCUT2D eigenvalue weighted by Gasteiger charge is -2.22. The first-order chi connectivity index (χ1) is 17.9. The SMILES string of the molecule is CCCOc1ccc(NC(=O)CC2C(=O)N(c3ccc(F)cc3)C(=O)N2Cc2ccc(OC)cc2)cc1. The predicted molar refractivity (Wildman–Crippen MR) is 137 cm³/mol. The van der Waals surface area contributed by atoms with E-state index in [4.69, 9.17) is 9.47 Å². The molecule has 192 valence electrons. The lowest BCUT2D eigenvalue weighted by atomic mass is 10.1. The number of carbonyl (C=O) groups excluding carboxylic acids is 3. The van der Waals surface area contributed by atoms with Crippen LogP contribution in [-0.4, -0.2) is 42.5 Å². The third-order valence-electron chi connectivity index (χ3n) is 5.91. The standard InChI is InChI=1S/C28H28FN3O5/c1-3-16-37-24-14-8-21(9-15-24)30-26(33)17-25-27(34)32(22-10-6-20(29)7-11-22)28(35)31(25)18-19-4-12-23(36-2)13-5-19/h4-15,25H,3,16-18H2,1-2H3,(H,30,33). The van der Waals surface area contributed by atoms with Gasteiger partial charge < -0.3 is 19.7 Å². The lowest BCUT2D eigenvalue weighted by molar-refractivity contribution is -0.124. The first-order valence-electron chi connectivity index (χ1n) is 12.0. The number of urea groups is 1. The van der Waals surface area contributed by atoms with Crippen LogP contribution in [0.15, 0.2) is 72.8 Å². The molecule has 4 rings (SSSR count). The predicted octanol–water partition coefficient (Wildman–Crippen LogP) is 4.99. The van der Waals surface area contributed by atoms with E-state index in [2.05, 4.69) is 5.32 Å². The Balaban J connectivity index is 1.53. The Morgan fingerprint density at radius 2 is 1.59 bits per heavy atom.